The number of unbranched alkanes of at least 4 members (excludes halogenated alkanes) is 6. The van der Waals surface area contributed by atoms with Crippen molar-refractivity contribution in [3.8, 4) is 0 Å². The normalized spacial score (nSPS) is 15.7. The Balaban J connectivity index is 5.18. The van der Waals surface area contributed by atoms with E-state index in [1.54, 1.807) is 0 Å². The van der Waals surface area contributed by atoms with Gasteiger partial charge in [0.1, 0.15) is 0 Å². The topological polar surface area (TPSA) is 40.5 Å². The summed E-state index contributed by atoms with van der Waals surface area (Å²) in [6.07, 6.45) is 25.6. The lowest BCUT2D eigenvalue weighted by molar-refractivity contribution is 0.233. The van der Waals surface area contributed by atoms with E-state index in [2.05, 4.69) is 34.6 Å². The van der Waals surface area contributed by atoms with Crippen LogP contribution in [0.4, 0.5) is 0 Å². The second-order valence-corrected chi connectivity index (χ2v) is 13.1. The average Bonchev–Trinajstić information content (AvgIpc) is 2.85. The van der Waals surface area contributed by atoms with Gasteiger partial charge in [-0.15, -0.1) is 0 Å². The highest BCUT2D eigenvalue weighted by atomic mass is 32.1. The Bertz CT molecular complexity index is 550. The molecule has 0 saturated heterocycles. The molecule has 0 rings (SSSR count). The molecule has 2 nitrogen and oxygen atoms in total. The predicted octanol–water partition coefficient (Wildman–Crippen LogP) is 12.1. The first-order valence-corrected chi connectivity index (χ1v) is 17.0. The Morgan fingerprint density at radius 3 is 1.35 bits per heavy atom. The van der Waals surface area contributed by atoms with E-state index >= 15 is 0 Å². The minimum absolute atomic E-state index is 0.165. The molecular weight excluding hydrogens is 492 g/mol. The van der Waals surface area contributed by atoms with Gasteiger partial charge in [0.15, 0.2) is 10.1 Å². The number of rotatable bonds is 27. The summed E-state index contributed by atoms with van der Waals surface area (Å²) < 4.78 is 0. The van der Waals surface area contributed by atoms with Crippen molar-refractivity contribution in [3.05, 3.63) is 0 Å². The first kappa shape index (κ1) is 36.8. The van der Waals surface area contributed by atoms with Crippen molar-refractivity contribution in [1.82, 2.24) is 0 Å². The van der Waals surface area contributed by atoms with E-state index < -0.39 is 0 Å². The van der Waals surface area contributed by atoms with E-state index in [9.17, 15) is 10.2 Å². The quantitative estimate of drug-likeness (QED) is 0.0779. The third-order valence-corrected chi connectivity index (χ3v) is 9.04. The summed E-state index contributed by atoms with van der Waals surface area (Å²) in [4.78, 5) is 0. The summed E-state index contributed by atoms with van der Waals surface area (Å²) >= 11 is 10.3. The highest BCUT2D eigenvalue weighted by Crippen LogP contribution is 2.35. The third-order valence-electron chi connectivity index (χ3n) is 8.70. The summed E-state index contributed by atoms with van der Waals surface area (Å²) in [5.41, 5.74) is 0. The summed E-state index contributed by atoms with van der Waals surface area (Å²) in [5, 5.41) is 20.4. The van der Waals surface area contributed by atoms with Gasteiger partial charge in [0.25, 0.3) is 0 Å². The van der Waals surface area contributed by atoms with E-state index in [0.29, 0.717) is 30.6 Å². The van der Waals surface area contributed by atoms with Crippen LogP contribution in [0.2, 0.25) is 0 Å². The molecule has 0 aromatic heterocycles. The summed E-state index contributed by atoms with van der Waals surface area (Å²) in [6.45, 7) is 11.5. The van der Waals surface area contributed by atoms with Crippen molar-refractivity contribution < 1.29 is 10.2 Å². The van der Waals surface area contributed by atoms with Crippen LogP contribution in [-0.2, 0) is 0 Å². The van der Waals surface area contributed by atoms with Crippen molar-refractivity contribution in [2.75, 3.05) is 0 Å². The fraction of sp³-hybridized carbons (Fsp3) is 0.939. The Kier molecular flexibility index (Phi) is 24.6. The van der Waals surface area contributed by atoms with Crippen LogP contribution >= 0.6 is 24.4 Å². The van der Waals surface area contributed by atoms with Crippen LogP contribution in [0.3, 0.4) is 0 Å². The van der Waals surface area contributed by atoms with Crippen molar-refractivity contribution in [3.63, 3.8) is 0 Å². The van der Waals surface area contributed by atoms with Gasteiger partial charge in [-0.1, -0.05) is 137 Å². The summed E-state index contributed by atoms with van der Waals surface area (Å²) in [6, 6.07) is 0. The first-order chi connectivity index (χ1) is 17.8. The van der Waals surface area contributed by atoms with Crippen molar-refractivity contribution in [1.29, 1.82) is 0 Å². The second-order valence-electron chi connectivity index (χ2n) is 12.2. The van der Waals surface area contributed by atoms with Crippen LogP contribution in [0.1, 0.15) is 169 Å². The molecule has 5 unspecified atom stereocenters. The van der Waals surface area contributed by atoms with Gasteiger partial charge < -0.3 is 10.2 Å². The minimum atomic E-state index is 0.165. The van der Waals surface area contributed by atoms with Crippen LogP contribution in [0, 0.1) is 29.6 Å². The molecule has 0 aliphatic carbocycles. The molecule has 0 saturated carbocycles. The molecule has 0 aliphatic heterocycles. The van der Waals surface area contributed by atoms with Crippen LogP contribution in [0.5, 0.6) is 0 Å². The number of thiocarbonyl (C=S) groups is 2. The maximum atomic E-state index is 10.1. The fourth-order valence-corrected chi connectivity index (χ4v) is 6.67. The van der Waals surface area contributed by atoms with Crippen LogP contribution in [0.15, 0.2) is 0 Å². The Labute approximate surface area is 243 Å². The lowest BCUT2D eigenvalue weighted by Gasteiger charge is -2.29. The van der Waals surface area contributed by atoms with E-state index in [1.165, 1.54) is 103 Å². The molecule has 0 aromatic rings. The van der Waals surface area contributed by atoms with E-state index in [0.717, 1.165) is 31.1 Å². The van der Waals surface area contributed by atoms with Gasteiger partial charge in [0.05, 0.1) is 0 Å². The molecule has 0 aliphatic rings. The first-order valence-electron chi connectivity index (χ1n) is 16.2. The SMILES string of the molecule is CCCCCC(CCCC)CCC(CC(O)=S)CC(C)C(CCC(CCCC)CCCCC)CC(O)=S. The minimum Gasteiger partial charge on any atom is -0.502 e. The Morgan fingerprint density at radius 2 is 0.919 bits per heavy atom. The zero-order valence-electron chi connectivity index (χ0n) is 25.4. The maximum absolute atomic E-state index is 10.1. The van der Waals surface area contributed by atoms with E-state index in [1.807, 2.05) is 0 Å². The van der Waals surface area contributed by atoms with Crippen molar-refractivity contribution in [2.24, 2.45) is 29.6 Å². The second kappa shape index (κ2) is 24.8. The van der Waals surface area contributed by atoms with Gasteiger partial charge in [-0.3, -0.25) is 0 Å². The lowest BCUT2D eigenvalue weighted by Crippen LogP contribution is -2.21. The highest BCUT2D eigenvalue weighted by Gasteiger charge is 2.25. The molecule has 37 heavy (non-hydrogen) atoms. The molecule has 220 valence electrons. The lowest BCUT2D eigenvalue weighted by atomic mass is 9.76. The van der Waals surface area contributed by atoms with Crippen LogP contribution in [-0.4, -0.2) is 20.3 Å². The smallest absolute Gasteiger partial charge is 0.156 e. The number of hydrogen-bond donors (Lipinski definition) is 2. The van der Waals surface area contributed by atoms with Crippen molar-refractivity contribution >= 4 is 34.5 Å². The number of hydrogen-bond acceptors (Lipinski definition) is 2. The largest absolute Gasteiger partial charge is 0.502 e. The van der Waals surface area contributed by atoms with Gasteiger partial charge in [-0.25, -0.2) is 0 Å². The number of aliphatic hydroxyl groups is 2. The molecule has 0 radical (unpaired) electrons. The maximum Gasteiger partial charge on any atom is 0.156 e. The summed E-state index contributed by atoms with van der Waals surface area (Å²) in [7, 11) is 0. The molecular formula is C33H64O2S2. The molecule has 0 bridgehead atoms. The highest BCUT2D eigenvalue weighted by molar-refractivity contribution is 7.80. The third kappa shape index (κ3) is 21.3. The number of aliphatic hydroxyl groups excluding tert-OH is 2. The Hall–Kier alpha value is -0.220. The molecule has 0 fully saturated rings. The molecule has 0 amide bonds. The molecule has 0 heterocycles. The van der Waals surface area contributed by atoms with Crippen LogP contribution < -0.4 is 0 Å². The van der Waals surface area contributed by atoms with Gasteiger partial charge in [0.2, 0.25) is 0 Å². The zero-order valence-corrected chi connectivity index (χ0v) is 27.1. The predicted molar refractivity (Wildman–Crippen MR) is 173 cm³/mol. The van der Waals surface area contributed by atoms with Crippen LogP contribution in [0.25, 0.3) is 0 Å². The molecule has 4 heteroatoms. The van der Waals surface area contributed by atoms with E-state index in [-0.39, 0.29) is 10.1 Å². The Morgan fingerprint density at radius 1 is 0.514 bits per heavy atom. The van der Waals surface area contributed by atoms with E-state index in [4.69, 9.17) is 24.4 Å². The molecule has 0 aromatic carbocycles. The van der Waals surface area contributed by atoms with Gasteiger partial charge in [-0.05, 0) is 73.3 Å². The summed E-state index contributed by atoms with van der Waals surface area (Å²) in [5.74, 6) is 2.93. The van der Waals surface area contributed by atoms with Crippen molar-refractivity contribution in [2.45, 2.75) is 169 Å². The molecule has 0 spiro atoms. The average molecular weight is 557 g/mol. The van der Waals surface area contributed by atoms with Gasteiger partial charge in [-0.2, -0.15) is 0 Å². The monoisotopic (exact) mass is 556 g/mol. The standard InChI is InChI=1S/C33H64O2S2/c1-6-10-14-18-28(16-12-8-3)20-21-30(25-32(34)36)24-27(5)31(26-33(35)37)23-22-29(17-13-9-4)19-15-11-7-2/h27-31H,6-26H2,1-5H3,(H,34,36)(H,35,37). The zero-order chi connectivity index (χ0) is 27.9. The molecule has 2 N–H and O–H groups in total. The van der Waals surface area contributed by atoms with Gasteiger partial charge >= 0.3 is 0 Å². The van der Waals surface area contributed by atoms with Gasteiger partial charge in [0, 0.05) is 12.8 Å². The fourth-order valence-electron chi connectivity index (χ4n) is 6.22. The molecule has 5 atom stereocenters.